The summed E-state index contributed by atoms with van der Waals surface area (Å²) in [6.45, 7) is 0.311. The van der Waals surface area contributed by atoms with Crippen LogP contribution in [0.15, 0.2) is 48.6 Å². The van der Waals surface area contributed by atoms with Gasteiger partial charge in [0.15, 0.2) is 0 Å². The molecule has 0 aromatic heterocycles. The summed E-state index contributed by atoms with van der Waals surface area (Å²) in [6.07, 6.45) is 36.8. The lowest BCUT2D eigenvalue weighted by Crippen LogP contribution is -2.25. The SMILES string of the molecule is CCCC/C=C\CCCCCCCC(=O)OCC(O)COP(=O)(O)OCC(O)COP(=O)(O)OCC(O)COC(=O)CCCCCCCC/C=C\C/C=C\C/C=C\CCCCC. The zero-order chi connectivity index (χ0) is 46.0. The van der Waals surface area contributed by atoms with Gasteiger partial charge in [-0.1, -0.05) is 133 Å². The van der Waals surface area contributed by atoms with Crippen LogP contribution in [0.5, 0.6) is 0 Å². The Bertz CT molecular complexity index is 1310. The lowest BCUT2D eigenvalue weighted by molar-refractivity contribution is -0.148. The highest BCUT2D eigenvalue weighted by Crippen LogP contribution is 2.45. The molecule has 5 unspecified atom stereocenters. The van der Waals surface area contributed by atoms with Gasteiger partial charge in [0.05, 0.1) is 26.4 Å². The van der Waals surface area contributed by atoms with Gasteiger partial charge in [0, 0.05) is 12.8 Å². The number of phosphoric acid groups is 2. The molecule has 362 valence electrons. The van der Waals surface area contributed by atoms with Gasteiger partial charge in [-0.3, -0.25) is 27.7 Å². The van der Waals surface area contributed by atoms with Crippen LogP contribution in [0.25, 0.3) is 0 Å². The summed E-state index contributed by atoms with van der Waals surface area (Å²) in [5, 5.41) is 30.0. The summed E-state index contributed by atoms with van der Waals surface area (Å²) in [5.41, 5.74) is 0. The van der Waals surface area contributed by atoms with Crippen LogP contribution in [-0.2, 0) is 46.3 Å². The van der Waals surface area contributed by atoms with Crippen molar-refractivity contribution in [2.75, 3.05) is 39.6 Å². The molecule has 62 heavy (non-hydrogen) atoms. The van der Waals surface area contributed by atoms with Crippen LogP contribution in [0.2, 0.25) is 0 Å². The molecule has 0 heterocycles. The normalized spacial score (nSPS) is 15.7. The van der Waals surface area contributed by atoms with Gasteiger partial charge < -0.3 is 34.6 Å². The molecular formula is C45H82O15P2. The first-order valence-corrected chi connectivity index (χ1v) is 26.0. The zero-order valence-electron chi connectivity index (χ0n) is 37.8. The van der Waals surface area contributed by atoms with Gasteiger partial charge in [-0.15, -0.1) is 0 Å². The number of rotatable bonds is 44. The molecule has 0 fully saturated rings. The number of ether oxygens (including phenoxy) is 2. The van der Waals surface area contributed by atoms with E-state index in [-0.39, 0.29) is 12.8 Å². The third-order valence-corrected chi connectivity index (χ3v) is 11.2. The number of aliphatic hydroxyl groups is 3. The van der Waals surface area contributed by atoms with E-state index in [1.54, 1.807) is 0 Å². The van der Waals surface area contributed by atoms with E-state index in [2.05, 4.69) is 80.6 Å². The van der Waals surface area contributed by atoms with Crippen LogP contribution in [0.4, 0.5) is 0 Å². The quantitative estimate of drug-likeness (QED) is 0.0166. The maximum absolute atomic E-state index is 12.1. The first kappa shape index (κ1) is 60.0. The minimum atomic E-state index is -4.79. The molecular weight excluding hydrogens is 842 g/mol. The fraction of sp³-hybridized carbons (Fsp3) is 0.778. The van der Waals surface area contributed by atoms with Gasteiger partial charge in [-0.2, -0.15) is 0 Å². The molecule has 0 rings (SSSR count). The molecule has 0 radical (unpaired) electrons. The second kappa shape index (κ2) is 41.7. The second-order valence-corrected chi connectivity index (χ2v) is 18.3. The number of carbonyl (C=O) groups is 2. The largest absolute Gasteiger partial charge is 0.472 e. The van der Waals surface area contributed by atoms with Crippen molar-refractivity contribution >= 4 is 27.6 Å². The number of hydrogen-bond donors (Lipinski definition) is 5. The maximum Gasteiger partial charge on any atom is 0.472 e. The summed E-state index contributed by atoms with van der Waals surface area (Å²) in [4.78, 5) is 43.6. The van der Waals surface area contributed by atoms with Crippen molar-refractivity contribution in [3.05, 3.63) is 48.6 Å². The molecule has 0 saturated carbocycles. The number of esters is 2. The molecule has 0 saturated heterocycles. The summed E-state index contributed by atoms with van der Waals surface area (Å²) in [6, 6.07) is 0. The Kier molecular flexibility index (Phi) is 40.3. The molecule has 0 amide bonds. The molecule has 0 spiro atoms. The number of hydrogen-bond acceptors (Lipinski definition) is 13. The highest BCUT2D eigenvalue weighted by molar-refractivity contribution is 7.47. The number of aliphatic hydroxyl groups excluding tert-OH is 3. The molecule has 15 nitrogen and oxygen atoms in total. The lowest BCUT2D eigenvalue weighted by Gasteiger charge is -2.19. The Morgan fingerprint density at radius 3 is 1.10 bits per heavy atom. The van der Waals surface area contributed by atoms with Crippen molar-refractivity contribution in [2.24, 2.45) is 0 Å². The van der Waals surface area contributed by atoms with E-state index in [0.29, 0.717) is 12.8 Å². The van der Waals surface area contributed by atoms with Crippen molar-refractivity contribution in [1.82, 2.24) is 0 Å². The van der Waals surface area contributed by atoms with E-state index in [1.807, 2.05) is 0 Å². The van der Waals surface area contributed by atoms with Gasteiger partial charge in [0.25, 0.3) is 0 Å². The Morgan fingerprint density at radius 2 is 0.710 bits per heavy atom. The maximum atomic E-state index is 12.1. The molecule has 0 aliphatic rings. The van der Waals surface area contributed by atoms with E-state index in [0.717, 1.165) is 89.9 Å². The smallest absolute Gasteiger partial charge is 0.463 e. The topological polar surface area (TPSA) is 225 Å². The molecule has 17 heteroatoms. The molecule has 5 N–H and O–H groups in total. The molecule has 0 aliphatic carbocycles. The first-order valence-electron chi connectivity index (χ1n) is 23.0. The number of unbranched alkanes of at least 4 members (excludes halogenated alkanes) is 16. The average Bonchev–Trinajstić information content (AvgIpc) is 3.24. The number of allylic oxidation sites excluding steroid dienone is 8. The van der Waals surface area contributed by atoms with Gasteiger partial charge in [-0.05, 0) is 70.6 Å². The average molecular weight is 925 g/mol. The van der Waals surface area contributed by atoms with E-state index >= 15 is 0 Å². The molecule has 0 aromatic rings. The molecule has 0 aromatic carbocycles. The highest BCUT2D eigenvalue weighted by atomic mass is 31.2. The monoisotopic (exact) mass is 925 g/mol. The van der Waals surface area contributed by atoms with Crippen LogP contribution in [-0.4, -0.2) is 95.0 Å². The van der Waals surface area contributed by atoms with Gasteiger partial charge >= 0.3 is 27.6 Å². The second-order valence-electron chi connectivity index (χ2n) is 15.4. The van der Waals surface area contributed by atoms with Crippen LogP contribution in [0.3, 0.4) is 0 Å². The van der Waals surface area contributed by atoms with E-state index in [9.17, 15) is 43.8 Å². The Morgan fingerprint density at radius 1 is 0.419 bits per heavy atom. The fourth-order valence-corrected chi connectivity index (χ4v) is 7.20. The van der Waals surface area contributed by atoms with Gasteiger partial charge in [-0.25, -0.2) is 9.13 Å². The molecule has 5 atom stereocenters. The van der Waals surface area contributed by atoms with Gasteiger partial charge in [0.1, 0.15) is 31.5 Å². The predicted molar refractivity (Wildman–Crippen MR) is 242 cm³/mol. The number of phosphoric ester groups is 2. The Balaban J connectivity index is 3.92. The van der Waals surface area contributed by atoms with Crippen LogP contribution in [0.1, 0.15) is 168 Å². The van der Waals surface area contributed by atoms with Crippen molar-refractivity contribution in [3.63, 3.8) is 0 Å². The van der Waals surface area contributed by atoms with Crippen LogP contribution >= 0.6 is 15.6 Å². The third-order valence-electron chi connectivity index (χ3n) is 9.26. The predicted octanol–water partition coefficient (Wildman–Crippen LogP) is 10.0. The summed E-state index contributed by atoms with van der Waals surface area (Å²) < 4.78 is 52.9. The lowest BCUT2D eigenvalue weighted by atomic mass is 10.1. The van der Waals surface area contributed by atoms with E-state index in [1.165, 1.54) is 38.5 Å². The molecule has 0 bridgehead atoms. The summed E-state index contributed by atoms with van der Waals surface area (Å²) in [7, 11) is -9.57. The Labute approximate surface area is 372 Å². The van der Waals surface area contributed by atoms with E-state index < -0.39 is 85.5 Å². The van der Waals surface area contributed by atoms with Crippen LogP contribution in [0, 0.1) is 0 Å². The van der Waals surface area contributed by atoms with E-state index in [4.69, 9.17) is 9.47 Å². The standard InChI is InChI=1S/C45H82O15P2/c1-3-5-7-9-11-13-15-16-17-18-19-20-21-22-24-26-28-30-32-34-45(50)56-36-42(47)38-58-62(53,54)60-40-43(48)39-59-61(51,52)57-37-41(46)35-55-44(49)33-31-29-27-25-23-14-12-10-8-6-4-2/h10-13,16-17,19-20,41-43,46-48H,3-9,14-15,18,21-40H2,1-2H3,(H,51,52)(H,53,54)/b12-10-,13-11-,17-16-,20-19-. The van der Waals surface area contributed by atoms with Crippen molar-refractivity contribution < 1.29 is 71.4 Å². The van der Waals surface area contributed by atoms with Crippen molar-refractivity contribution in [2.45, 2.75) is 186 Å². The van der Waals surface area contributed by atoms with Crippen molar-refractivity contribution in [1.29, 1.82) is 0 Å². The minimum Gasteiger partial charge on any atom is -0.463 e. The summed E-state index contributed by atoms with van der Waals surface area (Å²) >= 11 is 0. The van der Waals surface area contributed by atoms with Crippen molar-refractivity contribution in [3.8, 4) is 0 Å². The highest BCUT2D eigenvalue weighted by Gasteiger charge is 2.28. The third kappa shape index (κ3) is 43.3. The van der Waals surface area contributed by atoms with Crippen LogP contribution < -0.4 is 0 Å². The zero-order valence-corrected chi connectivity index (χ0v) is 39.6. The molecule has 0 aliphatic heterocycles. The minimum absolute atomic E-state index is 0.181. The number of carbonyl (C=O) groups excluding carboxylic acids is 2. The van der Waals surface area contributed by atoms with Gasteiger partial charge in [0.2, 0.25) is 0 Å². The summed E-state index contributed by atoms with van der Waals surface area (Å²) in [5.74, 6) is -1.02. The fourth-order valence-electron chi connectivity index (χ4n) is 5.61. The first-order chi connectivity index (χ1) is 29.8. The Hall–Kier alpha value is -2.00.